The van der Waals surface area contributed by atoms with Gasteiger partial charge < -0.3 is 14.4 Å². The number of aromatic nitrogens is 2. The number of rotatable bonds is 2. The van der Waals surface area contributed by atoms with Crippen molar-refractivity contribution >= 4 is 33.8 Å². The molecule has 0 saturated carbocycles. The van der Waals surface area contributed by atoms with Gasteiger partial charge in [-0.2, -0.15) is 0 Å². The average molecular weight is 368 g/mol. The summed E-state index contributed by atoms with van der Waals surface area (Å²) in [6.45, 7) is 4.94. The third-order valence-electron chi connectivity index (χ3n) is 4.79. The SMILES string of the molecule is Cc1ccc(C(=O)N2CCN(c3ccc4c(=O)n(C)cnc4c3)CC2)s1. The molecule has 1 aliphatic heterocycles. The second-order valence-corrected chi connectivity index (χ2v) is 7.84. The number of anilines is 1. The zero-order valence-electron chi connectivity index (χ0n) is 14.8. The van der Waals surface area contributed by atoms with Crippen LogP contribution in [0.25, 0.3) is 10.9 Å². The lowest BCUT2D eigenvalue weighted by molar-refractivity contribution is 0.0751. The number of piperazine rings is 1. The van der Waals surface area contributed by atoms with Crippen molar-refractivity contribution in [3.05, 3.63) is 56.8 Å². The standard InChI is InChI=1S/C19H20N4O2S/c1-13-3-6-17(26-13)19(25)23-9-7-22(8-10-23)14-4-5-15-16(11-14)20-12-21(2)18(15)24/h3-6,11-12H,7-10H2,1-2H3. The van der Waals surface area contributed by atoms with Gasteiger partial charge in [0.05, 0.1) is 22.1 Å². The van der Waals surface area contributed by atoms with Crippen molar-refractivity contribution in [2.45, 2.75) is 6.92 Å². The lowest BCUT2D eigenvalue weighted by Crippen LogP contribution is -2.48. The van der Waals surface area contributed by atoms with Gasteiger partial charge in [0.15, 0.2) is 0 Å². The molecule has 0 N–H and O–H groups in total. The molecule has 0 bridgehead atoms. The number of hydrogen-bond acceptors (Lipinski definition) is 5. The summed E-state index contributed by atoms with van der Waals surface area (Å²) in [5.41, 5.74) is 1.71. The van der Waals surface area contributed by atoms with E-state index in [9.17, 15) is 9.59 Å². The van der Waals surface area contributed by atoms with Crippen LogP contribution in [0.4, 0.5) is 5.69 Å². The quantitative estimate of drug-likeness (QED) is 0.696. The van der Waals surface area contributed by atoms with Crippen molar-refractivity contribution in [2.24, 2.45) is 7.05 Å². The van der Waals surface area contributed by atoms with Gasteiger partial charge in [0, 0.05) is 43.8 Å². The van der Waals surface area contributed by atoms with E-state index in [0.29, 0.717) is 24.0 Å². The van der Waals surface area contributed by atoms with Gasteiger partial charge in [0.2, 0.25) is 0 Å². The Morgan fingerprint density at radius 2 is 1.88 bits per heavy atom. The first kappa shape index (κ1) is 16.8. The number of amides is 1. The molecule has 3 aromatic rings. The Kier molecular flexibility index (Phi) is 4.24. The van der Waals surface area contributed by atoms with Crippen LogP contribution in [0.5, 0.6) is 0 Å². The van der Waals surface area contributed by atoms with E-state index >= 15 is 0 Å². The fraction of sp³-hybridized carbons (Fsp3) is 0.316. The van der Waals surface area contributed by atoms with Crippen molar-refractivity contribution < 1.29 is 4.79 Å². The van der Waals surface area contributed by atoms with E-state index < -0.39 is 0 Å². The molecule has 0 radical (unpaired) electrons. The Bertz CT molecular complexity index is 1030. The van der Waals surface area contributed by atoms with Gasteiger partial charge in [0.1, 0.15) is 0 Å². The van der Waals surface area contributed by atoms with Crippen LogP contribution in [0.1, 0.15) is 14.5 Å². The van der Waals surface area contributed by atoms with Crippen LogP contribution in [-0.4, -0.2) is 46.5 Å². The second-order valence-electron chi connectivity index (χ2n) is 6.55. The first-order valence-electron chi connectivity index (χ1n) is 8.59. The highest BCUT2D eigenvalue weighted by molar-refractivity contribution is 7.13. The van der Waals surface area contributed by atoms with Crippen LogP contribution in [-0.2, 0) is 7.05 Å². The van der Waals surface area contributed by atoms with Gasteiger partial charge in [-0.3, -0.25) is 9.59 Å². The lowest BCUT2D eigenvalue weighted by Gasteiger charge is -2.36. The Morgan fingerprint density at radius 1 is 1.12 bits per heavy atom. The summed E-state index contributed by atoms with van der Waals surface area (Å²) in [4.78, 5) is 35.2. The third kappa shape index (κ3) is 2.99. The molecule has 1 aliphatic rings. The molecule has 0 aliphatic carbocycles. The van der Waals surface area contributed by atoms with E-state index in [4.69, 9.17) is 0 Å². The van der Waals surface area contributed by atoms with Crippen LogP contribution in [0.15, 0.2) is 41.5 Å². The van der Waals surface area contributed by atoms with E-state index in [0.717, 1.165) is 28.5 Å². The predicted molar refractivity (Wildman–Crippen MR) is 104 cm³/mol. The topological polar surface area (TPSA) is 58.4 Å². The Morgan fingerprint density at radius 3 is 2.58 bits per heavy atom. The van der Waals surface area contributed by atoms with Gasteiger partial charge in [0.25, 0.3) is 11.5 Å². The Hall–Kier alpha value is -2.67. The summed E-state index contributed by atoms with van der Waals surface area (Å²) in [5.74, 6) is 0.117. The maximum Gasteiger partial charge on any atom is 0.264 e. The predicted octanol–water partition coefficient (Wildman–Crippen LogP) is 2.27. The molecule has 0 spiro atoms. The molecule has 1 aromatic carbocycles. The number of thiophene rings is 1. The molecule has 2 aromatic heterocycles. The molecule has 0 unspecified atom stereocenters. The summed E-state index contributed by atoms with van der Waals surface area (Å²) < 4.78 is 1.48. The summed E-state index contributed by atoms with van der Waals surface area (Å²) in [6.07, 6.45) is 1.55. The van der Waals surface area contributed by atoms with Crippen LogP contribution in [0, 0.1) is 6.92 Å². The smallest absolute Gasteiger partial charge is 0.264 e. The highest BCUT2D eigenvalue weighted by atomic mass is 32.1. The minimum absolute atomic E-state index is 0.0387. The van der Waals surface area contributed by atoms with E-state index in [1.165, 1.54) is 4.57 Å². The van der Waals surface area contributed by atoms with Gasteiger partial charge in [-0.1, -0.05) is 0 Å². The van der Waals surface area contributed by atoms with E-state index in [-0.39, 0.29) is 11.5 Å². The van der Waals surface area contributed by atoms with Crippen LogP contribution >= 0.6 is 11.3 Å². The zero-order valence-corrected chi connectivity index (χ0v) is 15.6. The summed E-state index contributed by atoms with van der Waals surface area (Å²) in [5, 5.41) is 0.626. The number of carbonyl (C=O) groups excluding carboxylic acids is 1. The average Bonchev–Trinajstić information content (AvgIpc) is 3.10. The molecule has 134 valence electrons. The van der Waals surface area contributed by atoms with Crippen LogP contribution in [0.3, 0.4) is 0 Å². The van der Waals surface area contributed by atoms with Gasteiger partial charge >= 0.3 is 0 Å². The molecule has 0 atom stereocenters. The molecular weight excluding hydrogens is 348 g/mol. The highest BCUT2D eigenvalue weighted by Crippen LogP contribution is 2.22. The number of hydrogen-bond donors (Lipinski definition) is 0. The van der Waals surface area contributed by atoms with E-state index in [1.54, 1.807) is 24.7 Å². The molecule has 6 nitrogen and oxygen atoms in total. The summed E-state index contributed by atoms with van der Waals surface area (Å²) in [6, 6.07) is 9.65. The number of carbonyl (C=O) groups is 1. The molecule has 26 heavy (non-hydrogen) atoms. The molecule has 7 heteroatoms. The Labute approximate surface area is 155 Å². The van der Waals surface area contributed by atoms with Crippen molar-refractivity contribution in [1.82, 2.24) is 14.5 Å². The highest BCUT2D eigenvalue weighted by Gasteiger charge is 2.23. The molecular formula is C19H20N4O2S. The summed E-state index contributed by atoms with van der Waals surface area (Å²) in [7, 11) is 1.70. The number of fused-ring (bicyclic) bond motifs is 1. The zero-order chi connectivity index (χ0) is 18.3. The first-order chi connectivity index (χ1) is 12.5. The summed E-state index contributed by atoms with van der Waals surface area (Å²) >= 11 is 1.55. The van der Waals surface area contributed by atoms with Gasteiger partial charge in [-0.05, 0) is 37.3 Å². The van der Waals surface area contributed by atoms with E-state index in [2.05, 4.69) is 9.88 Å². The van der Waals surface area contributed by atoms with Crippen LogP contribution < -0.4 is 10.5 Å². The van der Waals surface area contributed by atoms with Crippen molar-refractivity contribution in [3.8, 4) is 0 Å². The van der Waals surface area contributed by atoms with Crippen molar-refractivity contribution in [3.63, 3.8) is 0 Å². The second kappa shape index (κ2) is 6.57. The largest absolute Gasteiger partial charge is 0.368 e. The van der Waals surface area contributed by atoms with E-state index in [1.807, 2.05) is 42.2 Å². The molecule has 4 rings (SSSR count). The lowest BCUT2D eigenvalue weighted by atomic mass is 10.2. The molecule has 1 fully saturated rings. The first-order valence-corrected chi connectivity index (χ1v) is 9.40. The minimum Gasteiger partial charge on any atom is -0.368 e. The third-order valence-corrected chi connectivity index (χ3v) is 5.77. The normalized spacial score (nSPS) is 14.8. The molecule has 1 amide bonds. The Balaban J connectivity index is 1.49. The maximum absolute atomic E-state index is 12.6. The minimum atomic E-state index is -0.0387. The van der Waals surface area contributed by atoms with Gasteiger partial charge in [-0.15, -0.1) is 11.3 Å². The van der Waals surface area contributed by atoms with Crippen molar-refractivity contribution in [2.75, 3.05) is 31.1 Å². The van der Waals surface area contributed by atoms with Gasteiger partial charge in [-0.25, -0.2) is 4.98 Å². The fourth-order valence-corrected chi connectivity index (χ4v) is 4.10. The monoisotopic (exact) mass is 368 g/mol. The number of aryl methyl sites for hydroxylation is 2. The number of benzene rings is 1. The van der Waals surface area contributed by atoms with Crippen molar-refractivity contribution in [1.29, 1.82) is 0 Å². The molecule has 3 heterocycles. The fourth-order valence-electron chi connectivity index (χ4n) is 3.27. The van der Waals surface area contributed by atoms with Crippen LogP contribution in [0.2, 0.25) is 0 Å². The molecule has 1 saturated heterocycles. The maximum atomic E-state index is 12.6. The number of nitrogens with zero attached hydrogens (tertiary/aromatic N) is 4.